The molecular weight excluding hydrogens is 240 g/mol. The Balaban J connectivity index is 1.67. The predicted molar refractivity (Wildman–Crippen MR) is 75.0 cm³/mol. The van der Waals surface area contributed by atoms with Gasteiger partial charge in [0.2, 0.25) is 0 Å². The summed E-state index contributed by atoms with van der Waals surface area (Å²) in [6, 6.07) is 3.79. The zero-order chi connectivity index (χ0) is 13.2. The van der Waals surface area contributed by atoms with Crippen molar-refractivity contribution in [2.24, 2.45) is 0 Å². The number of nitrogen functional groups attached to an aromatic ring is 1. The fourth-order valence-corrected chi connectivity index (χ4v) is 2.48. The van der Waals surface area contributed by atoms with Crippen molar-refractivity contribution in [2.45, 2.75) is 6.42 Å². The highest BCUT2D eigenvalue weighted by atomic mass is 15.3. The Labute approximate surface area is 112 Å². The normalized spacial score (nSPS) is 18.2. The number of piperazine rings is 1. The first kappa shape index (κ1) is 12.4. The van der Waals surface area contributed by atoms with E-state index < -0.39 is 0 Å². The van der Waals surface area contributed by atoms with Gasteiger partial charge >= 0.3 is 0 Å². The van der Waals surface area contributed by atoms with Gasteiger partial charge < -0.3 is 15.5 Å². The van der Waals surface area contributed by atoms with E-state index in [9.17, 15) is 0 Å². The summed E-state index contributed by atoms with van der Waals surface area (Å²) in [5, 5.41) is 8.41. The van der Waals surface area contributed by atoms with Gasteiger partial charge in [-0.05, 0) is 19.2 Å². The number of hydrogen-bond acceptors (Lipinski definition) is 5. The van der Waals surface area contributed by atoms with Crippen LogP contribution in [0.2, 0.25) is 0 Å². The number of aromatic nitrogens is 3. The van der Waals surface area contributed by atoms with Gasteiger partial charge in [0.1, 0.15) is 5.82 Å². The van der Waals surface area contributed by atoms with Crippen LogP contribution >= 0.6 is 0 Å². The zero-order valence-corrected chi connectivity index (χ0v) is 11.3. The first-order valence-corrected chi connectivity index (χ1v) is 6.73. The van der Waals surface area contributed by atoms with E-state index in [2.05, 4.69) is 27.0 Å². The molecule has 3 heterocycles. The Morgan fingerprint density at radius 1 is 1.21 bits per heavy atom. The van der Waals surface area contributed by atoms with Crippen molar-refractivity contribution >= 4 is 11.3 Å². The van der Waals surface area contributed by atoms with Crippen molar-refractivity contribution in [3.63, 3.8) is 0 Å². The first-order valence-electron chi connectivity index (χ1n) is 6.73. The first-order chi connectivity index (χ1) is 9.24. The predicted octanol–water partition coefficient (Wildman–Crippen LogP) is 0.101. The molecule has 0 amide bonds. The maximum atomic E-state index is 5.88. The van der Waals surface area contributed by atoms with Crippen molar-refractivity contribution in [1.82, 2.24) is 24.4 Å². The fourth-order valence-electron chi connectivity index (χ4n) is 2.48. The van der Waals surface area contributed by atoms with Gasteiger partial charge in [0.15, 0.2) is 5.65 Å². The molecule has 19 heavy (non-hydrogen) atoms. The standard InChI is InChI=1S/C13H20N6/c1-17-7-9-18(10-8-17)6-4-12-15-16-13-11(14)3-2-5-19(12)13/h2-3,5H,4,6-10,14H2,1H3. The molecular formula is C13H20N6. The largest absolute Gasteiger partial charge is 0.396 e. The summed E-state index contributed by atoms with van der Waals surface area (Å²) in [7, 11) is 2.17. The lowest BCUT2D eigenvalue weighted by atomic mass is 10.3. The van der Waals surface area contributed by atoms with E-state index >= 15 is 0 Å². The van der Waals surface area contributed by atoms with E-state index in [4.69, 9.17) is 5.73 Å². The van der Waals surface area contributed by atoms with E-state index in [-0.39, 0.29) is 0 Å². The molecule has 0 unspecified atom stereocenters. The molecule has 1 saturated heterocycles. The lowest BCUT2D eigenvalue weighted by Crippen LogP contribution is -2.45. The van der Waals surface area contributed by atoms with E-state index in [0.29, 0.717) is 5.69 Å². The highest BCUT2D eigenvalue weighted by Crippen LogP contribution is 2.12. The molecule has 1 aliphatic rings. The summed E-state index contributed by atoms with van der Waals surface area (Å²) in [6.07, 6.45) is 2.89. The molecule has 102 valence electrons. The molecule has 2 aromatic rings. The molecule has 1 fully saturated rings. The van der Waals surface area contributed by atoms with Gasteiger partial charge in [-0.2, -0.15) is 0 Å². The monoisotopic (exact) mass is 260 g/mol. The summed E-state index contributed by atoms with van der Waals surface area (Å²) in [5.41, 5.74) is 7.33. The Morgan fingerprint density at radius 2 is 2.00 bits per heavy atom. The summed E-state index contributed by atoms with van der Waals surface area (Å²) < 4.78 is 1.99. The Bertz CT molecular complexity index is 555. The van der Waals surface area contributed by atoms with Crippen molar-refractivity contribution < 1.29 is 0 Å². The van der Waals surface area contributed by atoms with Crippen LogP contribution in [0, 0.1) is 0 Å². The molecule has 2 N–H and O–H groups in total. The van der Waals surface area contributed by atoms with Gasteiger partial charge in [-0.1, -0.05) is 0 Å². The van der Waals surface area contributed by atoms with Crippen LogP contribution in [0.15, 0.2) is 18.3 Å². The van der Waals surface area contributed by atoms with Crippen molar-refractivity contribution in [3.8, 4) is 0 Å². The lowest BCUT2D eigenvalue weighted by molar-refractivity contribution is 0.155. The van der Waals surface area contributed by atoms with Crippen LogP contribution in [0.4, 0.5) is 5.69 Å². The molecule has 0 atom stereocenters. The number of pyridine rings is 1. The van der Waals surface area contributed by atoms with Crippen LogP contribution in [0.25, 0.3) is 5.65 Å². The van der Waals surface area contributed by atoms with Crippen LogP contribution in [0.5, 0.6) is 0 Å². The molecule has 0 aromatic carbocycles. The highest BCUT2D eigenvalue weighted by Gasteiger charge is 2.15. The lowest BCUT2D eigenvalue weighted by Gasteiger charge is -2.32. The Morgan fingerprint density at radius 3 is 2.79 bits per heavy atom. The summed E-state index contributed by atoms with van der Waals surface area (Å²) in [6.45, 7) is 5.59. The molecule has 0 bridgehead atoms. The number of nitrogens with zero attached hydrogens (tertiary/aromatic N) is 5. The van der Waals surface area contributed by atoms with Gasteiger partial charge in [0, 0.05) is 45.3 Å². The zero-order valence-electron chi connectivity index (χ0n) is 11.3. The van der Waals surface area contributed by atoms with Crippen molar-refractivity contribution in [2.75, 3.05) is 45.5 Å². The number of rotatable bonds is 3. The van der Waals surface area contributed by atoms with E-state index in [1.807, 2.05) is 22.7 Å². The molecule has 1 aliphatic heterocycles. The van der Waals surface area contributed by atoms with E-state index in [1.165, 1.54) is 0 Å². The smallest absolute Gasteiger partial charge is 0.183 e. The van der Waals surface area contributed by atoms with Crippen LogP contribution in [-0.2, 0) is 6.42 Å². The van der Waals surface area contributed by atoms with Crippen LogP contribution in [-0.4, -0.2) is 64.2 Å². The maximum Gasteiger partial charge on any atom is 0.183 e. The summed E-state index contributed by atoms with van der Waals surface area (Å²) in [5.74, 6) is 0.987. The topological polar surface area (TPSA) is 62.7 Å². The minimum atomic E-state index is 0.681. The number of anilines is 1. The average Bonchev–Trinajstić information content (AvgIpc) is 2.83. The molecule has 0 saturated carbocycles. The number of hydrogen-bond donors (Lipinski definition) is 1. The Kier molecular flexibility index (Phi) is 3.35. The molecule has 0 spiro atoms. The van der Waals surface area contributed by atoms with Crippen LogP contribution in [0.1, 0.15) is 5.82 Å². The minimum Gasteiger partial charge on any atom is -0.396 e. The van der Waals surface area contributed by atoms with E-state index in [1.54, 1.807) is 0 Å². The number of nitrogens with two attached hydrogens (primary N) is 1. The number of fused-ring (bicyclic) bond motifs is 1. The SMILES string of the molecule is CN1CCN(CCc2nnc3c(N)cccn23)CC1. The molecule has 0 radical (unpaired) electrons. The second-order valence-corrected chi connectivity index (χ2v) is 5.17. The summed E-state index contributed by atoms with van der Waals surface area (Å²) >= 11 is 0. The third-order valence-corrected chi connectivity index (χ3v) is 3.78. The van der Waals surface area contributed by atoms with Gasteiger partial charge in [0.25, 0.3) is 0 Å². The van der Waals surface area contributed by atoms with Gasteiger partial charge in [-0.25, -0.2) is 0 Å². The highest BCUT2D eigenvalue weighted by molar-refractivity contribution is 5.63. The molecule has 2 aromatic heterocycles. The minimum absolute atomic E-state index is 0.681. The third-order valence-electron chi connectivity index (χ3n) is 3.78. The van der Waals surface area contributed by atoms with Crippen molar-refractivity contribution in [3.05, 3.63) is 24.2 Å². The number of likely N-dealkylation sites (N-methyl/N-ethyl adjacent to an activating group) is 1. The van der Waals surface area contributed by atoms with Crippen LogP contribution in [0.3, 0.4) is 0 Å². The quantitative estimate of drug-likeness (QED) is 0.848. The second-order valence-electron chi connectivity index (χ2n) is 5.17. The second kappa shape index (κ2) is 5.14. The van der Waals surface area contributed by atoms with Gasteiger partial charge in [-0.15, -0.1) is 10.2 Å². The molecule has 6 heteroatoms. The van der Waals surface area contributed by atoms with Gasteiger partial charge in [0.05, 0.1) is 5.69 Å². The molecule has 0 aliphatic carbocycles. The fraction of sp³-hybridized carbons (Fsp3) is 0.538. The van der Waals surface area contributed by atoms with Gasteiger partial charge in [-0.3, -0.25) is 4.40 Å². The maximum absolute atomic E-state index is 5.88. The molecule has 3 rings (SSSR count). The van der Waals surface area contributed by atoms with E-state index in [0.717, 1.165) is 50.6 Å². The molecule has 6 nitrogen and oxygen atoms in total. The van der Waals surface area contributed by atoms with Crippen molar-refractivity contribution in [1.29, 1.82) is 0 Å². The summed E-state index contributed by atoms with van der Waals surface area (Å²) in [4.78, 5) is 4.84. The van der Waals surface area contributed by atoms with Crippen LogP contribution < -0.4 is 5.73 Å². The third kappa shape index (κ3) is 2.54. The average molecular weight is 260 g/mol. The Hall–Kier alpha value is -1.66.